The van der Waals surface area contributed by atoms with Crippen molar-refractivity contribution in [2.24, 2.45) is 0 Å². The number of nitrogens with one attached hydrogen (secondary N) is 2. The van der Waals surface area contributed by atoms with Gasteiger partial charge in [-0.1, -0.05) is 18.2 Å². The van der Waals surface area contributed by atoms with Gasteiger partial charge in [0.05, 0.1) is 11.7 Å². The maximum atomic E-state index is 4.76. The Balaban J connectivity index is 1.20. The summed E-state index contributed by atoms with van der Waals surface area (Å²) in [4.78, 5) is 10.0. The average Bonchev–Trinajstić information content (AvgIpc) is 3.42. The molecule has 4 atom stereocenters. The molecule has 0 unspecified atom stereocenters. The molecule has 2 saturated heterocycles. The molecular weight excluding hydrogens is 370 g/mol. The molecule has 0 radical (unpaired) electrons. The molecule has 2 aromatic rings. The molecular formula is C25H33N5. The van der Waals surface area contributed by atoms with Crippen molar-refractivity contribution in [2.75, 3.05) is 31.6 Å². The van der Waals surface area contributed by atoms with Crippen molar-refractivity contribution in [1.29, 1.82) is 0 Å². The van der Waals surface area contributed by atoms with Gasteiger partial charge >= 0.3 is 0 Å². The first-order chi connectivity index (χ1) is 14.8. The number of anilines is 1. The van der Waals surface area contributed by atoms with Crippen molar-refractivity contribution in [3.63, 3.8) is 0 Å². The second-order valence-corrected chi connectivity index (χ2v) is 9.74. The van der Waals surface area contributed by atoms with Crippen LogP contribution in [-0.2, 0) is 19.4 Å². The van der Waals surface area contributed by atoms with E-state index in [1.54, 1.807) is 5.56 Å². The third-order valence-electron chi connectivity index (χ3n) is 7.85. The van der Waals surface area contributed by atoms with E-state index in [4.69, 9.17) is 4.98 Å². The summed E-state index contributed by atoms with van der Waals surface area (Å²) in [5.74, 6) is 0. The lowest BCUT2D eigenvalue weighted by Gasteiger charge is -2.38. The Morgan fingerprint density at radius 3 is 2.97 bits per heavy atom. The Hall–Kier alpha value is -1.95. The molecule has 0 spiro atoms. The number of hydrogen-bond donors (Lipinski definition) is 2. The fraction of sp³-hybridized carbons (Fsp3) is 0.560. The summed E-state index contributed by atoms with van der Waals surface area (Å²) in [6.07, 6.45) is 8.06. The Morgan fingerprint density at radius 2 is 2.10 bits per heavy atom. The first-order valence-electron chi connectivity index (χ1n) is 11.7. The van der Waals surface area contributed by atoms with Gasteiger partial charge in [-0.3, -0.25) is 9.88 Å². The molecule has 2 N–H and O–H groups in total. The summed E-state index contributed by atoms with van der Waals surface area (Å²) in [5.41, 5.74) is 7.34. The zero-order chi connectivity index (χ0) is 20.1. The molecule has 0 amide bonds. The standard InChI is InChI=1S/C25H33N5/c1-29(24-9-2-5-17-7-4-10-26-25(17)24)15-20-12-22-18(13-27-20)6-3-8-23(22)30-16-19-11-21(30)14-28-19/h3-4,6-8,10,19-21,24,27-28H,2,5,9,11-16H2,1H3/t19-,20+,21-,24-/m0/s1. The van der Waals surface area contributed by atoms with Gasteiger partial charge in [-0.15, -0.1) is 0 Å². The van der Waals surface area contributed by atoms with E-state index in [2.05, 4.69) is 57.8 Å². The Kier molecular flexibility index (Phi) is 4.78. The van der Waals surface area contributed by atoms with E-state index in [1.807, 2.05) is 6.20 Å². The lowest BCUT2D eigenvalue weighted by molar-refractivity contribution is 0.191. The van der Waals surface area contributed by atoms with E-state index >= 15 is 0 Å². The van der Waals surface area contributed by atoms with Gasteiger partial charge < -0.3 is 15.5 Å². The Morgan fingerprint density at radius 1 is 1.17 bits per heavy atom. The molecule has 1 aromatic heterocycles. The Labute approximate surface area is 179 Å². The van der Waals surface area contributed by atoms with Crippen LogP contribution in [0, 0.1) is 0 Å². The van der Waals surface area contributed by atoms with E-state index < -0.39 is 0 Å². The lowest BCUT2D eigenvalue weighted by Crippen LogP contribution is -2.47. The molecule has 1 aromatic carbocycles. The molecule has 2 bridgehead atoms. The Bertz CT molecular complexity index is 928. The molecule has 30 heavy (non-hydrogen) atoms. The van der Waals surface area contributed by atoms with Crippen LogP contribution in [0.5, 0.6) is 0 Å². The predicted molar refractivity (Wildman–Crippen MR) is 121 cm³/mol. The van der Waals surface area contributed by atoms with E-state index in [0.717, 1.165) is 26.1 Å². The number of benzene rings is 1. The molecule has 0 saturated carbocycles. The number of rotatable bonds is 4. The van der Waals surface area contributed by atoms with Crippen LogP contribution in [0.3, 0.4) is 0 Å². The summed E-state index contributed by atoms with van der Waals surface area (Å²) < 4.78 is 0. The summed E-state index contributed by atoms with van der Waals surface area (Å²) in [6, 6.07) is 13.6. The highest BCUT2D eigenvalue weighted by Crippen LogP contribution is 2.36. The number of piperazine rings is 1. The third-order valence-corrected chi connectivity index (χ3v) is 7.85. The maximum Gasteiger partial charge on any atom is 0.0607 e. The number of fused-ring (bicyclic) bond motifs is 4. The van der Waals surface area contributed by atoms with E-state index in [1.165, 1.54) is 54.7 Å². The molecule has 1 aliphatic carbocycles. The third kappa shape index (κ3) is 3.24. The van der Waals surface area contributed by atoms with Gasteiger partial charge in [-0.25, -0.2) is 0 Å². The van der Waals surface area contributed by atoms with Crippen molar-refractivity contribution in [3.8, 4) is 0 Å². The SMILES string of the molecule is CN(C[C@H]1Cc2c(cccc2N2C[C@@H]3C[C@H]2CN3)CN1)[C@H]1CCCc2cccnc21. The fourth-order valence-corrected chi connectivity index (χ4v) is 6.34. The molecule has 158 valence electrons. The van der Waals surface area contributed by atoms with Crippen LogP contribution in [-0.4, -0.2) is 54.7 Å². The minimum atomic E-state index is 0.453. The molecule has 4 heterocycles. The molecule has 6 rings (SSSR count). The van der Waals surface area contributed by atoms with Crippen molar-refractivity contribution >= 4 is 5.69 Å². The van der Waals surface area contributed by atoms with E-state index in [-0.39, 0.29) is 0 Å². The van der Waals surface area contributed by atoms with E-state index in [0.29, 0.717) is 24.2 Å². The number of pyridine rings is 1. The fourth-order valence-electron chi connectivity index (χ4n) is 6.34. The molecule has 3 aliphatic heterocycles. The minimum absolute atomic E-state index is 0.453. The second kappa shape index (κ2) is 7.63. The largest absolute Gasteiger partial charge is 0.365 e. The molecule has 5 heteroatoms. The van der Waals surface area contributed by atoms with Gasteiger partial charge in [0, 0.05) is 56.2 Å². The molecule has 4 aliphatic rings. The van der Waals surface area contributed by atoms with Crippen LogP contribution < -0.4 is 15.5 Å². The van der Waals surface area contributed by atoms with Crippen LogP contribution in [0.4, 0.5) is 5.69 Å². The second-order valence-electron chi connectivity index (χ2n) is 9.74. The van der Waals surface area contributed by atoms with Crippen LogP contribution in [0.2, 0.25) is 0 Å². The normalized spacial score (nSPS) is 29.9. The van der Waals surface area contributed by atoms with Crippen molar-refractivity contribution in [2.45, 2.75) is 62.8 Å². The number of aromatic nitrogens is 1. The molecule has 2 fully saturated rings. The van der Waals surface area contributed by atoms with Crippen LogP contribution in [0.1, 0.15) is 47.7 Å². The summed E-state index contributed by atoms with van der Waals surface area (Å²) in [6.45, 7) is 4.37. The highest BCUT2D eigenvalue weighted by Gasteiger charge is 2.39. The van der Waals surface area contributed by atoms with Crippen molar-refractivity contribution in [3.05, 3.63) is 58.9 Å². The van der Waals surface area contributed by atoms with Crippen LogP contribution in [0.15, 0.2) is 36.5 Å². The highest BCUT2D eigenvalue weighted by atomic mass is 15.3. The predicted octanol–water partition coefficient (Wildman–Crippen LogP) is 2.66. The van der Waals surface area contributed by atoms with Crippen molar-refractivity contribution in [1.82, 2.24) is 20.5 Å². The first kappa shape index (κ1) is 18.8. The van der Waals surface area contributed by atoms with Crippen molar-refractivity contribution < 1.29 is 0 Å². The lowest BCUT2D eigenvalue weighted by atomic mass is 9.89. The summed E-state index contributed by atoms with van der Waals surface area (Å²) in [7, 11) is 2.29. The highest BCUT2D eigenvalue weighted by molar-refractivity contribution is 5.60. The molecule has 5 nitrogen and oxygen atoms in total. The summed E-state index contributed by atoms with van der Waals surface area (Å²) >= 11 is 0. The zero-order valence-electron chi connectivity index (χ0n) is 18.0. The van der Waals surface area contributed by atoms with E-state index in [9.17, 15) is 0 Å². The monoisotopic (exact) mass is 403 g/mol. The summed E-state index contributed by atoms with van der Waals surface area (Å²) in [5, 5.41) is 7.48. The number of nitrogens with zero attached hydrogens (tertiary/aromatic N) is 3. The number of hydrogen-bond acceptors (Lipinski definition) is 5. The van der Waals surface area contributed by atoms with Gasteiger partial charge in [-0.2, -0.15) is 0 Å². The number of aryl methyl sites for hydroxylation is 1. The number of likely N-dealkylation sites (N-methyl/N-ethyl adjacent to an activating group) is 1. The smallest absolute Gasteiger partial charge is 0.0607 e. The van der Waals surface area contributed by atoms with Gasteiger partial charge in [0.2, 0.25) is 0 Å². The van der Waals surface area contributed by atoms with Crippen LogP contribution in [0.25, 0.3) is 0 Å². The first-order valence-corrected chi connectivity index (χ1v) is 11.7. The average molecular weight is 404 g/mol. The topological polar surface area (TPSA) is 43.4 Å². The zero-order valence-corrected chi connectivity index (χ0v) is 18.0. The van der Waals surface area contributed by atoms with Gasteiger partial charge in [0.25, 0.3) is 0 Å². The maximum absolute atomic E-state index is 4.76. The van der Waals surface area contributed by atoms with Gasteiger partial charge in [0.1, 0.15) is 0 Å². The van der Waals surface area contributed by atoms with Crippen LogP contribution >= 0.6 is 0 Å². The minimum Gasteiger partial charge on any atom is -0.365 e. The quantitative estimate of drug-likeness (QED) is 0.822. The van der Waals surface area contributed by atoms with Gasteiger partial charge in [0.15, 0.2) is 0 Å². The van der Waals surface area contributed by atoms with Gasteiger partial charge in [-0.05, 0) is 68.0 Å².